The molecule has 1 aromatic rings. The van der Waals surface area contributed by atoms with E-state index in [9.17, 15) is 54.6 Å². The molecule has 52 heavy (non-hydrogen) atoms. The number of carbonyl (C=O) groups is 5. The molecule has 1 aromatic carbocycles. The molecule has 284 valence electrons. The van der Waals surface area contributed by atoms with E-state index >= 15 is 0 Å². The van der Waals surface area contributed by atoms with Gasteiger partial charge >= 0.3 is 5.97 Å². The molecule has 11 atom stereocenters. The second-order valence-electron chi connectivity index (χ2n) is 14.1. The van der Waals surface area contributed by atoms with E-state index in [0.29, 0.717) is 11.8 Å². The third kappa shape index (κ3) is 6.85. The third-order valence-corrected chi connectivity index (χ3v) is 12.0. The number of thioether (sulfide) groups is 1. The zero-order valence-corrected chi connectivity index (χ0v) is 31.3. The minimum Gasteiger partial charge on any atom is -0.507 e. The number of rotatable bonds is 2. The van der Waals surface area contributed by atoms with Crippen LogP contribution in [0.1, 0.15) is 78.2 Å². The van der Waals surface area contributed by atoms with Gasteiger partial charge in [-0.3, -0.25) is 24.0 Å². The maximum Gasteiger partial charge on any atom is 0.313 e. The lowest BCUT2D eigenvalue weighted by Crippen LogP contribution is -2.51. The predicted octanol–water partition coefficient (Wildman–Crippen LogP) is 1.76. The summed E-state index contributed by atoms with van der Waals surface area (Å²) in [5.74, 6) is -10.9. The maximum absolute atomic E-state index is 14.4. The molecule has 0 saturated carbocycles. The highest BCUT2D eigenvalue weighted by Crippen LogP contribution is 2.49. The molecular weight excluding hydrogens is 698 g/mol. The van der Waals surface area contributed by atoms with Crippen molar-refractivity contribution in [2.45, 2.75) is 83.7 Å². The second kappa shape index (κ2) is 15.2. The molecule has 11 unspecified atom stereocenters. The second-order valence-corrected chi connectivity index (χ2v) is 15.6. The molecule has 14 nitrogen and oxygen atoms in total. The van der Waals surface area contributed by atoms with Crippen LogP contribution in [0.2, 0.25) is 0 Å². The highest BCUT2D eigenvalue weighted by molar-refractivity contribution is 8.06. The van der Waals surface area contributed by atoms with Crippen LogP contribution in [-0.2, 0) is 14.3 Å². The Kier molecular flexibility index (Phi) is 12.0. The highest BCUT2D eigenvalue weighted by atomic mass is 32.2. The minimum absolute atomic E-state index is 0.00797. The van der Waals surface area contributed by atoms with Crippen molar-refractivity contribution in [1.82, 2.24) is 5.32 Å². The number of benzene rings is 1. The lowest BCUT2D eigenvalue weighted by molar-refractivity contribution is -0.165. The normalized spacial score (nSPS) is 36.4. The van der Waals surface area contributed by atoms with Crippen LogP contribution in [0.4, 0.5) is 0 Å². The van der Waals surface area contributed by atoms with E-state index < -0.39 is 111 Å². The smallest absolute Gasteiger partial charge is 0.313 e. The molecule has 1 amide bonds. The number of fused-ring (bicyclic) bond motifs is 1. The van der Waals surface area contributed by atoms with Gasteiger partial charge in [0, 0.05) is 29.2 Å². The van der Waals surface area contributed by atoms with Crippen LogP contribution in [0.5, 0.6) is 11.5 Å². The summed E-state index contributed by atoms with van der Waals surface area (Å²) in [6, 6.07) is 0. The number of nitrogens with one attached hydrogen (secondary N) is 1. The molecule has 1 aliphatic carbocycles. The molecule has 0 aromatic heterocycles. The van der Waals surface area contributed by atoms with E-state index in [1.807, 2.05) is 0 Å². The number of methoxy groups -OCH3 is 2. The Morgan fingerprint density at radius 1 is 0.808 bits per heavy atom. The van der Waals surface area contributed by atoms with Crippen LogP contribution in [0, 0.1) is 36.5 Å². The van der Waals surface area contributed by atoms with Crippen molar-refractivity contribution in [2.75, 3.05) is 14.2 Å². The largest absolute Gasteiger partial charge is 0.507 e. The monoisotopic (exact) mass is 745 g/mol. The van der Waals surface area contributed by atoms with Gasteiger partial charge in [0.05, 0.1) is 66.3 Å². The molecule has 0 spiro atoms. The summed E-state index contributed by atoms with van der Waals surface area (Å²) in [5.41, 5.74) is -1.69. The fourth-order valence-corrected chi connectivity index (χ4v) is 8.24. The number of hydrogen-bond acceptors (Lipinski definition) is 14. The van der Waals surface area contributed by atoms with Gasteiger partial charge < -0.3 is 45.4 Å². The van der Waals surface area contributed by atoms with Gasteiger partial charge in [-0.25, -0.2) is 0 Å². The number of phenolic OH excluding ortho intramolecular Hbond substituents is 1. The van der Waals surface area contributed by atoms with E-state index in [2.05, 4.69) is 5.32 Å². The third-order valence-electron chi connectivity index (χ3n) is 10.7. The first-order valence-electron chi connectivity index (χ1n) is 16.8. The molecule has 2 heterocycles. The van der Waals surface area contributed by atoms with Crippen molar-refractivity contribution in [3.8, 4) is 11.5 Å². The van der Waals surface area contributed by atoms with Crippen molar-refractivity contribution in [3.05, 3.63) is 56.7 Å². The topological polar surface area (TPSA) is 237 Å². The Balaban J connectivity index is 1.98. The number of ether oxygens (including phenoxy) is 2. The van der Waals surface area contributed by atoms with Gasteiger partial charge in [-0.05, 0) is 26.3 Å². The van der Waals surface area contributed by atoms with Crippen LogP contribution >= 0.6 is 11.8 Å². The van der Waals surface area contributed by atoms with Crippen molar-refractivity contribution >= 4 is 41.0 Å². The summed E-state index contributed by atoms with van der Waals surface area (Å²) in [6.07, 6.45) is -3.92. The fourth-order valence-electron chi connectivity index (χ4n) is 7.09. The molecule has 4 rings (SSSR count). The maximum atomic E-state index is 14.4. The Morgan fingerprint density at radius 3 is 1.94 bits per heavy atom. The average molecular weight is 746 g/mol. The zero-order valence-electron chi connectivity index (χ0n) is 30.5. The molecule has 2 aliphatic heterocycles. The van der Waals surface area contributed by atoms with E-state index in [1.54, 1.807) is 0 Å². The quantitative estimate of drug-likeness (QED) is 0.169. The lowest BCUT2D eigenvalue weighted by atomic mass is 9.75. The molecule has 3 bridgehead atoms. The molecular formula is C37H47NO13S. The predicted molar refractivity (Wildman–Crippen MR) is 189 cm³/mol. The number of Topliss-reactive ketones (excluding diaryl/α,β-unsaturated/α-hetero) is 3. The van der Waals surface area contributed by atoms with Crippen LogP contribution in [0.25, 0.3) is 0 Å². The number of ketones is 3. The number of carbonyl (C=O) groups excluding carboxylic acids is 5. The number of aliphatic hydroxyl groups is 5. The fraction of sp³-hybridized carbons (Fsp3) is 0.541. The Morgan fingerprint density at radius 2 is 1.38 bits per heavy atom. The number of phenols is 1. The number of aromatic hydroxyl groups is 1. The first-order chi connectivity index (χ1) is 24.2. The van der Waals surface area contributed by atoms with Crippen LogP contribution in [0.15, 0.2) is 34.4 Å². The van der Waals surface area contributed by atoms with Gasteiger partial charge in [-0.2, -0.15) is 0 Å². The van der Waals surface area contributed by atoms with Crippen molar-refractivity contribution in [1.29, 1.82) is 0 Å². The number of amides is 1. The summed E-state index contributed by atoms with van der Waals surface area (Å²) in [6.45, 7) is 10.1. The molecule has 0 fully saturated rings. The number of allylic oxidation sites excluding steroid dienone is 3. The lowest BCUT2D eigenvalue weighted by Gasteiger charge is -2.37. The minimum atomic E-state index is -1.72. The Hall–Kier alpha value is -3.86. The standard InChI is InChI=1S/C37H47NO13S/c1-13-12-14(2)26(41)22-20-21(30(45)18(6)33(22)50-8)31(46)24-34(32(20)47)52-37(7,36(49)38-24)11-10-19(39)15(3)27(42)17(5)29(44)23(35(48)51-9)28(43)16(4)25(13)40/h10-13,15-17,19,23,25,27-29,39-40,42-45H,1-9H3,(H,38,49)/b11-10+,14-12+. The zero-order chi connectivity index (χ0) is 39.3. The molecule has 0 saturated heterocycles. The Bertz CT molecular complexity index is 1780. The van der Waals surface area contributed by atoms with E-state index in [4.69, 9.17) is 9.47 Å². The Labute approximate surface area is 305 Å². The molecule has 7 N–H and O–H groups in total. The number of esters is 1. The van der Waals surface area contributed by atoms with Gasteiger partial charge in [0.2, 0.25) is 17.5 Å². The van der Waals surface area contributed by atoms with Gasteiger partial charge in [-0.15, -0.1) is 0 Å². The summed E-state index contributed by atoms with van der Waals surface area (Å²) >= 11 is 0.696. The molecule has 0 radical (unpaired) electrons. The highest BCUT2D eigenvalue weighted by Gasteiger charge is 2.49. The van der Waals surface area contributed by atoms with Gasteiger partial charge in [-0.1, -0.05) is 57.7 Å². The van der Waals surface area contributed by atoms with Crippen molar-refractivity contribution in [2.24, 2.45) is 29.6 Å². The molecule has 15 heteroatoms. The van der Waals surface area contributed by atoms with Crippen molar-refractivity contribution < 1.29 is 64.1 Å². The summed E-state index contributed by atoms with van der Waals surface area (Å²) in [5, 5.41) is 70.2. The average Bonchev–Trinajstić information content (AvgIpc) is 3.11. The first-order valence-corrected chi connectivity index (χ1v) is 17.7. The van der Waals surface area contributed by atoms with Gasteiger partial charge in [0.25, 0.3) is 0 Å². The van der Waals surface area contributed by atoms with E-state index in [1.165, 1.54) is 73.8 Å². The number of hydrogen-bond donors (Lipinski definition) is 7. The first kappa shape index (κ1) is 40.9. The summed E-state index contributed by atoms with van der Waals surface area (Å²) in [7, 11) is 2.28. The van der Waals surface area contributed by atoms with Crippen LogP contribution in [-0.4, -0.2) is 109 Å². The van der Waals surface area contributed by atoms with E-state index in [-0.39, 0.29) is 33.1 Å². The van der Waals surface area contributed by atoms with E-state index in [0.717, 1.165) is 7.11 Å². The summed E-state index contributed by atoms with van der Waals surface area (Å²) in [4.78, 5) is 68.8. The van der Waals surface area contributed by atoms with Crippen molar-refractivity contribution in [3.63, 3.8) is 0 Å². The van der Waals surface area contributed by atoms with Gasteiger partial charge in [0.1, 0.15) is 27.9 Å². The number of aliphatic hydroxyl groups excluding tert-OH is 5. The van der Waals surface area contributed by atoms with Crippen LogP contribution in [0.3, 0.4) is 0 Å². The van der Waals surface area contributed by atoms with Crippen LogP contribution < -0.4 is 10.1 Å². The van der Waals surface area contributed by atoms with Gasteiger partial charge in [0.15, 0.2) is 5.78 Å². The summed E-state index contributed by atoms with van der Waals surface area (Å²) < 4.78 is 8.78. The SMILES string of the molecule is COC(=O)C1C(O)C(C)C(O)C(C)/C=C(\C)C(=O)c2c(OC)c(C)c(O)c3c2C(=O)C2=C(NC(=O)C(C)(/C=C/C(O)C(C)C(O)C(C)C1O)S2)C3=O. The molecule has 3 aliphatic rings.